The molecule has 0 bridgehead atoms. The van der Waals surface area contributed by atoms with Crippen molar-refractivity contribution < 1.29 is 0 Å². The zero-order valence-corrected chi connectivity index (χ0v) is 31.3. The highest BCUT2D eigenvalue weighted by Gasteiger charge is 2.28. The first-order valence-corrected chi connectivity index (χ1v) is 20.0. The number of hydrogen-bond donors (Lipinski definition) is 0. The Kier molecular flexibility index (Phi) is 5.73. The lowest BCUT2D eigenvalue weighted by atomic mass is 9.99. The molecule has 58 heavy (non-hydrogen) atoms. The van der Waals surface area contributed by atoms with Gasteiger partial charge in [0.1, 0.15) is 0 Å². The molecule has 0 N–H and O–H groups in total. The van der Waals surface area contributed by atoms with E-state index >= 15 is 0 Å². The fourth-order valence-corrected chi connectivity index (χ4v) is 10.6. The summed E-state index contributed by atoms with van der Waals surface area (Å²) >= 11 is 0. The van der Waals surface area contributed by atoms with Gasteiger partial charge in [0.2, 0.25) is 0 Å². The summed E-state index contributed by atoms with van der Waals surface area (Å²) in [7, 11) is 0. The zero-order valence-electron chi connectivity index (χ0n) is 31.3. The first-order valence-electron chi connectivity index (χ1n) is 20.0. The van der Waals surface area contributed by atoms with Gasteiger partial charge in [0.15, 0.2) is 0 Å². The lowest BCUT2D eigenvalue weighted by Crippen LogP contribution is -2.10. The van der Waals surface area contributed by atoms with Crippen LogP contribution in [0.15, 0.2) is 194 Å². The molecule has 0 aliphatic rings. The molecule has 5 aromatic heterocycles. The average Bonchev–Trinajstić information content (AvgIpc) is 4.07. The molecule has 0 unspecified atom stereocenters. The highest BCUT2D eigenvalue weighted by molar-refractivity contribution is 6.39. The number of anilines is 3. The maximum atomic E-state index is 2.56. The molecule has 268 valence electrons. The van der Waals surface area contributed by atoms with Crippen molar-refractivity contribution in [1.29, 1.82) is 0 Å². The molecule has 0 saturated carbocycles. The summed E-state index contributed by atoms with van der Waals surface area (Å²) < 4.78 is 7.56. The van der Waals surface area contributed by atoms with E-state index in [0.29, 0.717) is 0 Å². The predicted molar refractivity (Wildman–Crippen MR) is 245 cm³/mol. The number of rotatable bonds is 4. The van der Waals surface area contributed by atoms with Crippen molar-refractivity contribution in [3.05, 3.63) is 194 Å². The van der Waals surface area contributed by atoms with Crippen LogP contribution in [0.2, 0.25) is 0 Å². The largest absolute Gasteiger partial charge is 0.310 e. The monoisotopic (exact) mass is 736 g/mol. The lowest BCUT2D eigenvalue weighted by Gasteiger charge is -2.26. The molecule has 0 fully saturated rings. The number of aromatic nitrogens is 3. The number of para-hydroxylation sites is 6. The first kappa shape index (κ1) is 30.4. The molecular weight excluding hydrogens is 705 g/mol. The zero-order chi connectivity index (χ0) is 37.6. The van der Waals surface area contributed by atoms with Crippen molar-refractivity contribution in [3.63, 3.8) is 0 Å². The van der Waals surface area contributed by atoms with Gasteiger partial charge in [0, 0.05) is 70.9 Å². The summed E-state index contributed by atoms with van der Waals surface area (Å²) in [6.07, 6.45) is 0. The molecule has 0 amide bonds. The fourth-order valence-electron chi connectivity index (χ4n) is 10.6. The van der Waals surface area contributed by atoms with Gasteiger partial charge in [-0.3, -0.25) is 0 Å². The van der Waals surface area contributed by atoms with Gasteiger partial charge in [0.25, 0.3) is 0 Å². The molecule has 9 aromatic carbocycles. The topological polar surface area (TPSA) is 17.0 Å². The Balaban J connectivity index is 1.21. The van der Waals surface area contributed by atoms with Gasteiger partial charge in [0.05, 0.1) is 49.8 Å². The van der Waals surface area contributed by atoms with Gasteiger partial charge < -0.3 is 18.3 Å². The normalized spacial score (nSPS) is 12.5. The lowest BCUT2D eigenvalue weighted by molar-refractivity contribution is 1.18. The van der Waals surface area contributed by atoms with Gasteiger partial charge >= 0.3 is 0 Å². The van der Waals surface area contributed by atoms with Crippen molar-refractivity contribution in [2.75, 3.05) is 4.90 Å². The molecule has 0 aliphatic carbocycles. The van der Waals surface area contributed by atoms with E-state index in [9.17, 15) is 0 Å². The van der Waals surface area contributed by atoms with Gasteiger partial charge in [-0.05, 0) is 78.9 Å². The van der Waals surface area contributed by atoms with E-state index in [0.717, 1.165) is 11.4 Å². The Bertz CT molecular complexity index is 3910. The molecule has 0 aliphatic heterocycles. The minimum Gasteiger partial charge on any atom is -0.310 e. The third-order valence-electron chi connectivity index (χ3n) is 12.8. The van der Waals surface area contributed by atoms with Crippen LogP contribution in [0.3, 0.4) is 0 Å². The van der Waals surface area contributed by atoms with Crippen molar-refractivity contribution in [2.24, 2.45) is 0 Å². The van der Waals surface area contributed by atoms with Crippen LogP contribution in [-0.4, -0.2) is 13.4 Å². The Morgan fingerprint density at radius 1 is 0.293 bits per heavy atom. The average molecular weight is 737 g/mol. The summed E-state index contributed by atoms with van der Waals surface area (Å²) in [5.41, 5.74) is 14.5. The first-order chi connectivity index (χ1) is 28.8. The third kappa shape index (κ3) is 3.70. The van der Waals surface area contributed by atoms with Crippen LogP contribution in [-0.2, 0) is 0 Å². The van der Waals surface area contributed by atoms with E-state index < -0.39 is 0 Å². The highest BCUT2D eigenvalue weighted by Crippen LogP contribution is 2.52. The smallest absolute Gasteiger partial charge is 0.0641 e. The van der Waals surface area contributed by atoms with Crippen LogP contribution in [0.1, 0.15) is 0 Å². The Hall–Kier alpha value is -7.82. The van der Waals surface area contributed by atoms with E-state index in [1.54, 1.807) is 0 Å². The van der Waals surface area contributed by atoms with E-state index in [-0.39, 0.29) is 0 Å². The second-order valence-corrected chi connectivity index (χ2v) is 15.7. The van der Waals surface area contributed by atoms with E-state index in [4.69, 9.17) is 0 Å². The fraction of sp³-hybridized carbons (Fsp3) is 0. The maximum Gasteiger partial charge on any atom is 0.0641 e. The van der Waals surface area contributed by atoms with Crippen LogP contribution in [0.4, 0.5) is 17.1 Å². The van der Waals surface area contributed by atoms with Crippen LogP contribution in [0.5, 0.6) is 0 Å². The van der Waals surface area contributed by atoms with Gasteiger partial charge in [-0.1, -0.05) is 115 Å². The Morgan fingerprint density at radius 2 is 0.810 bits per heavy atom. The van der Waals surface area contributed by atoms with Gasteiger partial charge in [-0.2, -0.15) is 0 Å². The Labute approximate surface area is 331 Å². The van der Waals surface area contributed by atoms with Crippen molar-refractivity contribution in [2.45, 2.75) is 0 Å². The molecule has 14 rings (SSSR count). The molecule has 0 radical (unpaired) electrons. The molecule has 0 spiro atoms. The summed E-state index contributed by atoms with van der Waals surface area (Å²) in [6.45, 7) is 0. The second-order valence-electron chi connectivity index (χ2n) is 15.7. The summed E-state index contributed by atoms with van der Waals surface area (Å²) in [6, 6.07) is 71.4. The Morgan fingerprint density at radius 3 is 1.52 bits per heavy atom. The van der Waals surface area contributed by atoms with Crippen molar-refractivity contribution >= 4 is 115 Å². The molecule has 0 saturated heterocycles. The summed E-state index contributed by atoms with van der Waals surface area (Å²) in [5, 5.41) is 12.8. The molecular formula is C54H32N4. The number of nitrogens with zero attached hydrogens (tertiary/aromatic N) is 4. The predicted octanol–water partition coefficient (Wildman–Crippen LogP) is 14.6. The number of fused-ring (bicyclic) bond motifs is 16. The van der Waals surface area contributed by atoms with Gasteiger partial charge in [-0.25, -0.2) is 0 Å². The molecule has 5 heterocycles. The standard InChI is InChI=1S/C54H32N4/c1-4-16-33(17-5-1)55(34-18-6-2-7-19-34)46-29-28-39-50-49(58-45-27-15-12-24-38(45)51(46)53(39)58)31-41-37-23-11-14-26-44(37)57-48-30-40-36-22-10-13-25-43(36)56(35-20-8-3-9-21-35)47(40)32-42(48)52(50)54(41)57/h1-32H. The highest BCUT2D eigenvalue weighted by atomic mass is 15.1. The third-order valence-corrected chi connectivity index (χ3v) is 12.8. The minimum atomic E-state index is 1.13. The van der Waals surface area contributed by atoms with E-state index in [1.165, 1.54) is 109 Å². The quantitative estimate of drug-likeness (QED) is 0.176. The molecule has 4 nitrogen and oxygen atoms in total. The summed E-state index contributed by atoms with van der Waals surface area (Å²) in [4.78, 5) is 2.42. The van der Waals surface area contributed by atoms with Crippen LogP contribution in [0, 0.1) is 0 Å². The van der Waals surface area contributed by atoms with E-state index in [1.807, 2.05) is 0 Å². The van der Waals surface area contributed by atoms with E-state index in [2.05, 4.69) is 212 Å². The summed E-state index contributed by atoms with van der Waals surface area (Å²) in [5.74, 6) is 0. The van der Waals surface area contributed by atoms with Gasteiger partial charge in [-0.15, -0.1) is 0 Å². The van der Waals surface area contributed by atoms with Crippen LogP contribution in [0.25, 0.3) is 104 Å². The maximum absolute atomic E-state index is 2.56. The SMILES string of the molecule is c1ccc(N(c2ccccc2)c2ccc3c4c5c6cc7c(cc6n6c8ccccc8c(cc4n4c8ccccc8c2c34)c56)c2ccccc2n7-c2ccccc2)cc1. The van der Waals surface area contributed by atoms with Crippen molar-refractivity contribution in [3.8, 4) is 5.69 Å². The van der Waals surface area contributed by atoms with Crippen LogP contribution >= 0.6 is 0 Å². The molecule has 4 heteroatoms. The van der Waals surface area contributed by atoms with Crippen LogP contribution < -0.4 is 4.90 Å². The number of hydrogen-bond acceptors (Lipinski definition) is 1. The number of benzene rings is 9. The molecule has 14 aromatic rings. The van der Waals surface area contributed by atoms with Crippen molar-refractivity contribution in [1.82, 2.24) is 13.4 Å². The molecule has 0 atom stereocenters. The second kappa shape index (κ2) is 10.9. The minimum absolute atomic E-state index is 1.13.